The first-order chi connectivity index (χ1) is 9.50. The minimum atomic E-state index is -0.222. The fraction of sp³-hybridized carbons (Fsp3) is 0.611. The lowest BCUT2D eigenvalue weighted by atomic mass is 9.78. The van der Waals surface area contributed by atoms with E-state index < -0.39 is 0 Å². The van der Waals surface area contributed by atoms with Crippen molar-refractivity contribution in [3.05, 3.63) is 28.8 Å². The molecule has 3 nitrogen and oxygen atoms in total. The summed E-state index contributed by atoms with van der Waals surface area (Å²) in [5.41, 5.74) is 3.10. The molecule has 0 radical (unpaired) electrons. The first-order valence-electron chi connectivity index (χ1n) is 7.29. The molecule has 0 unspecified atom stereocenters. The van der Waals surface area contributed by atoms with Gasteiger partial charge in [-0.3, -0.25) is 4.79 Å². The van der Waals surface area contributed by atoms with Crippen molar-refractivity contribution in [1.29, 1.82) is 0 Å². The predicted molar refractivity (Wildman–Crippen MR) is 86.1 cm³/mol. The van der Waals surface area contributed by atoms with E-state index in [1.165, 1.54) is 7.11 Å². The third-order valence-corrected chi connectivity index (χ3v) is 3.54. The minimum absolute atomic E-state index is 0.0581. The second-order valence-corrected chi connectivity index (χ2v) is 7.48. The Morgan fingerprint density at radius 2 is 1.38 bits per heavy atom. The lowest BCUT2D eigenvalue weighted by molar-refractivity contribution is -0.139. The second kappa shape index (κ2) is 6.08. The Morgan fingerprint density at radius 1 is 0.952 bits per heavy atom. The molecule has 118 valence electrons. The van der Waals surface area contributed by atoms with E-state index in [-0.39, 0.29) is 23.2 Å². The van der Waals surface area contributed by atoms with Crippen LogP contribution in [0, 0.1) is 0 Å². The average Bonchev–Trinajstić information content (AvgIpc) is 2.35. The number of hydrogen-bond donors (Lipinski definition) is 0. The van der Waals surface area contributed by atoms with Crippen LogP contribution >= 0.6 is 0 Å². The van der Waals surface area contributed by atoms with Crippen LogP contribution in [0.5, 0.6) is 5.75 Å². The fourth-order valence-corrected chi connectivity index (χ4v) is 2.36. The highest BCUT2D eigenvalue weighted by Crippen LogP contribution is 2.40. The molecule has 0 atom stereocenters. The second-order valence-electron chi connectivity index (χ2n) is 7.48. The Morgan fingerprint density at radius 3 is 1.67 bits per heavy atom. The van der Waals surface area contributed by atoms with Crippen molar-refractivity contribution in [2.75, 3.05) is 14.2 Å². The van der Waals surface area contributed by atoms with Gasteiger partial charge in [0.05, 0.1) is 20.6 Å². The van der Waals surface area contributed by atoms with E-state index in [1.54, 1.807) is 7.11 Å². The number of hydrogen-bond acceptors (Lipinski definition) is 3. The van der Waals surface area contributed by atoms with Crippen LogP contribution in [0.1, 0.15) is 58.2 Å². The standard InChI is InChI=1S/C18H28O3/c1-17(2,3)13-9-12(11-15(19)20-7)10-14(16(13)21-8)18(4,5)6/h9-10H,11H2,1-8H3. The summed E-state index contributed by atoms with van der Waals surface area (Å²) in [5, 5.41) is 0. The smallest absolute Gasteiger partial charge is 0.309 e. The number of benzene rings is 1. The molecule has 0 fully saturated rings. The number of carbonyl (C=O) groups is 1. The van der Waals surface area contributed by atoms with Gasteiger partial charge in [0, 0.05) is 11.1 Å². The molecule has 21 heavy (non-hydrogen) atoms. The molecule has 0 aliphatic carbocycles. The van der Waals surface area contributed by atoms with Crippen molar-refractivity contribution in [2.24, 2.45) is 0 Å². The van der Waals surface area contributed by atoms with Crippen LogP contribution in [0.25, 0.3) is 0 Å². The number of ether oxygens (including phenoxy) is 2. The molecule has 0 amide bonds. The van der Waals surface area contributed by atoms with Crippen LogP contribution < -0.4 is 4.74 Å². The zero-order chi connectivity index (χ0) is 16.4. The molecule has 0 saturated heterocycles. The molecule has 0 spiro atoms. The number of methoxy groups -OCH3 is 2. The predicted octanol–water partition coefficient (Wildman–Crippen LogP) is 4.01. The first kappa shape index (κ1) is 17.5. The summed E-state index contributed by atoms with van der Waals surface area (Å²) in [4.78, 5) is 11.6. The molecular weight excluding hydrogens is 264 g/mol. The summed E-state index contributed by atoms with van der Waals surface area (Å²) >= 11 is 0. The van der Waals surface area contributed by atoms with E-state index in [2.05, 4.69) is 53.7 Å². The fourth-order valence-electron chi connectivity index (χ4n) is 2.36. The highest BCUT2D eigenvalue weighted by atomic mass is 16.5. The van der Waals surface area contributed by atoms with Crippen LogP contribution in [-0.4, -0.2) is 20.2 Å². The van der Waals surface area contributed by atoms with E-state index in [0.29, 0.717) is 0 Å². The van der Waals surface area contributed by atoms with Gasteiger partial charge in [0.1, 0.15) is 5.75 Å². The molecule has 0 aliphatic rings. The Kier molecular flexibility index (Phi) is 5.08. The van der Waals surface area contributed by atoms with Gasteiger partial charge in [0.25, 0.3) is 0 Å². The van der Waals surface area contributed by atoms with Crippen molar-refractivity contribution in [2.45, 2.75) is 58.8 Å². The monoisotopic (exact) mass is 292 g/mol. The van der Waals surface area contributed by atoms with E-state index in [1.807, 2.05) is 0 Å². The lowest BCUT2D eigenvalue weighted by Crippen LogP contribution is -2.20. The van der Waals surface area contributed by atoms with Gasteiger partial charge in [-0.2, -0.15) is 0 Å². The molecular formula is C18H28O3. The van der Waals surface area contributed by atoms with Gasteiger partial charge in [-0.25, -0.2) is 0 Å². The van der Waals surface area contributed by atoms with Crippen LogP contribution in [0.4, 0.5) is 0 Å². The van der Waals surface area contributed by atoms with Gasteiger partial charge in [-0.15, -0.1) is 0 Å². The summed E-state index contributed by atoms with van der Waals surface area (Å²) < 4.78 is 10.5. The highest BCUT2D eigenvalue weighted by molar-refractivity contribution is 5.73. The maximum absolute atomic E-state index is 11.6. The molecule has 1 aromatic rings. The minimum Gasteiger partial charge on any atom is -0.496 e. The zero-order valence-corrected chi connectivity index (χ0v) is 14.6. The number of rotatable bonds is 3. The lowest BCUT2D eigenvalue weighted by Gasteiger charge is -2.30. The highest BCUT2D eigenvalue weighted by Gasteiger charge is 2.27. The van der Waals surface area contributed by atoms with E-state index >= 15 is 0 Å². The molecule has 0 saturated carbocycles. The topological polar surface area (TPSA) is 35.5 Å². The largest absolute Gasteiger partial charge is 0.496 e. The van der Waals surface area contributed by atoms with Gasteiger partial charge in [0.2, 0.25) is 0 Å². The summed E-state index contributed by atoms with van der Waals surface area (Å²) in [6, 6.07) is 4.12. The zero-order valence-electron chi connectivity index (χ0n) is 14.6. The molecule has 0 heterocycles. The van der Waals surface area contributed by atoms with Crippen molar-refractivity contribution in [3.63, 3.8) is 0 Å². The van der Waals surface area contributed by atoms with Crippen molar-refractivity contribution >= 4 is 5.97 Å². The average molecular weight is 292 g/mol. The van der Waals surface area contributed by atoms with E-state index in [4.69, 9.17) is 9.47 Å². The van der Waals surface area contributed by atoms with Crippen molar-refractivity contribution in [1.82, 2.24) is 0 Å². The normalized spacial score (nSPS) is 12.2. The molecule has 0 N–H and O–H groups in total. The van der Waals surface area contributed by atoms with Gasteiger partial charge >= 0.3 is 5.97 Å². The van der Waals surface area contributed by atoms with Crippen molar-refractivity contribution in [3.8, 4) is 5.75 Å². The maximum atomic E-state index is 11.6. The Balaban J connectivity index is 3.55. The molecule has 0 aliphatic heterocycles. The van der Waals surface area contributed by atoms with Gasteiger partial charge in [-0.05, 0) is 16.4 Å². The third kappa shape index (κ3) is 4.23. The summed E-state index contributed by atoms with van der Waals surface area (Å²) in [5.74, 6) is 0.698. The molecule has 3 heteroatoms. The molecule has 0 bridgehead atoms. The quantitative estimate of drug-likeness (QED) is 0.790. The molecule has 1 aromatic carbocycles. The summed E-state index contributed by atoms with van der Waals surface area (Å²) in [6.07, 6.45) is 0.284. The Bertz CT molecular complexity index is 481. The molecule has 1 rings (SSSR count). The molecule has 0 aromatic heterocycles. The summed E-state index contributed by atoms with van der Waals surface area (Å²) in [7, 11) is 3.13. The van der Waals surface area contributed by atoms with E-state index in [0.717, 1.165) is 22.4 Å². The first-order valence-corrected chi connectivity index (χ1v) is 7.29. The number of carbonyl (C=O) groups excluding carboxylic acids is 1. The van der Waals surface area contributed by atoms with E-state index in [9.17, 15) is 4.79 Å². The number of esters is 1. The van der Waals surface area contributed by atoms with Gasteiger partial charge < -0.3 is 9.47 Å². The Hall–Kier alpha value is -1.51. The Labute approximate surface area is 128 Å². The maximum Gasteiger partial charge on any atom is 0.309 e. The van der Waals surface area contributed by atoms with Gasteiger partial charge in [-0.1, -0.05) is 53.7 Å². The SMILES string of the molecule is COC(=O)Cc1cc(C(C)(C)C)c(OC)c(C(C)(C)C)c1. The van der Waals surface area contributed by atoms with Crippen LogP contribution in [0.15, 0.2) is 12.1 Å². The van der Waals surface area contributed by atoms with Gasteiger partial charge in [0.15, 0.2) is 0 Å². The van der Waals surface area contributed by atoms with Crippen molar-refractivity contribution < 1.29 is 14.3 Å². The van der Waals surface area contributed by atoms with Crippen LogP contribution in [-0.2, 0) is 26.8 Å². The van der Waals surface area contributed by atoms with Crippen LogP contribution in [0.3, 0.4) is 0 Å². The summed E-state index contributed by atoms with van der Waals surface area (Å²) in [6.45, 7) is 12.9. The third-order valence-electron chi connectivity index (χ3n) is 3.54. The van der Waals surface area contributed by atoms with Crippen LogP contribution in [0.2, 0.25) is 0 Å².